The lowest BCUT2D eigenvalue weighted by molar-refractivity contribution is 0.949. The van der Waals surface area contributed by atoms with Gasteiger partial charge in [-0.15, -0.1) is 0 Å². The van der Waals surface area contributed by atoms with Gasteiger partial charge in [-0.3, -0.25) is 0 Å². The van der Waals surface area contributed by atoms with Gasteiger partial charge in [-0.05, 0) is 18.2 Å². The number of azo groups is 1. The molecule has 1 aromatic carbocycles. The van der Waals surface area contributed by atoms with Gasteiger partial charge in [0, 0.05) is 5.02 Å². The molecule has 0 atom stereocenters. The summed E-state index contributed by atoms with van der Waals surface area (Å²) >= 11 is 11.5. The molecule has 0 unspecified atom stereocenters. The summed E-state index contributed by atoms with van der Waals surface area (Å²) in [6, 6.07) is 6.86. The van der Waals surface area contributed by atoms with Crippen molar-refractivity contribution in [1.82, 2.24) is 0 Å². The molecule has 0 radical (unpaired) electrons. The summed E-state index contributed by atoms with van der Waals surface area (Å²) in [4.78, 5) is 0. The van der Waals surface area contributed by atoms with E-state index in [0.717, 1.165) is 0 Å². The molecule has 0 spiro atoms. The molecule has 0 amide bonds. The lowest BCUT2D eigenvalue weighted by atomic mass is 10.3. The molecule has 0 aromatic heterocycles. The average molecular weight is 239 g/mol. The first kappa shape index (κ1) is 11.5. The molecule has 15 heavy (non-hydrogen) atoms. The van der Waals surface area contributed by atoms with E-state index in [1.54, 1.807) is 24.3 Å². The summed E-state index contributed by atoms with van der Waals surface area (Å²) < 4.78 is 0. The van der Waals surface area contributed by atoms with E-state index < -0.39 is 6.04 Å². The van der Waals surface area contributed by atoms with Crippen LogP contribution in [0.3, 0.4) is 0 Å². The van der Waals surface area contributed by atoms with E-state index in [4.69, 9.17) is 33.7 Å². The zero-order chi connectivity index (χ0) is 11.3. The Bertz CT molecular complexity index is 456. The molecule has 0 saturated carbocycles. The number of halogens is 2. The van der Waals surface area contributed by atoms with Crippen LogP contribution in [0.2, 0.25) is 10.0 Å². The summed E-state index contributed by atoms with van der Waals surface area (Å²) in [6.45, 7) is 0. The summed E-state index contributed by atoms with van der Waals surface area (Å²) in [5.74, 6) is 0. The highest BCUT2D eigenvalue weighted by atomic mass is 35.5. The maximum atomic E-state index is 8.44. The minimum atomic E-state index is -1.12. The first-order valence-electron chi connectivity index (χ1n) is 3.82. The highest BCUT2D eigenvalue weighted by Crippen LogP contribution is 2.28. The van der Waals surface area contributed by atoms with Gasteiger partial charge in [0.1, 0.15) is 17.8 Å². The first-order valence-corrected chi connectivity index (χ1v) is 4.58. The second-order valence-electron chi connectivity index (χ2n) is 2.47. The van der Waals surface area contributed by atoms with E-state index in [-0.39, 0.29) is 0 Å². The Morgan fingerprint density at radius 3 is 2.47 bits per heavy atom. The van der Waals surface area contributed by atoms with Crippen LogP contribution < -0.4 is 0 Å². The number of benzene rings is 1. The molecule has 6 heteroatoms. The number of hydrogen-bond donors (Lipinski definition) is 0. The molecule has 0 aliphatic rings. The van der Waals surface area contributed by atoms with Crippen LogP contribution in [0.4, 0.5) is 5.69 Å². The van der Waals surface area contributed by atoms with Crippen LogP contribution in [0, 0.1) is 22.7 Å². The lowest BCUT2D eigenvalue weighted by Crippen LogP contribution is -1.92. The first-order chi connectivity index (χ1) is 7.17. The van der Waals surface area contributed by atoms with Crippen molar-refractivity contribution in [3.8, 4) is 12.1 Å². The zero-order valence-electron chi connectivity index (χ0n) is 7.35. The molecule has 0 aliphatic heterocycles. The van der Waals surface area contributed by atoms with Crippen molar-refractivity contribution in [2.75, 3.05) is 0 Å². The van der Waals surface area contributed by atoms with Crippen molar-refractivity contribution < 1.29 is 0 Å². The van der Waals surface area contributed by atoms with E-state index in [0.29, 0.717) is 15.7 Å². The third-order valence-corrected chi connectivity index (χ3v) is 1.99. The lowest BCUT2D eigenvalue weighted by Gasteiger charge is -1.96. The topological polar surface area (TPSA) is 72.3 Å². The molecule has 0 heterocycles. The van der Waals surface area contributed by atoms with Crippen LogP contribution in [0.1, 0.15) is 0 Å². The fourth-order valence-corrected chi connectivity index (χ4v) is 1.08. The molecule has 1 rings (SSSR count). The summed E-state index contributed by atoms with van der Waals surface area (Å²) in [6.07, 6.45) is 0. The predicted molar refractivity (Wildman–Crippen MR) is 56.0 cm³/mol. The number of nitrogens with zero attached hydrogens (tertiary/aromatic N) is 4. The van der Waals surface area contributed by atoms with Crippen LogP contribution in [-0.2, 0) is 0 Å². The normalized spacial score (nSPS) is 10.2. The molecule has 4 nitrogen and oxygen atoms in total. The van der Waals surface area contributed by atoms with Crippen LogP contribution in [0.5, 0.6) is 0 Å². The van der Waals surface area contributed by atoms with Crippen LogP contribution in [-0.4, -0.2) is 6.04 Å². The number of nitriles is 2. The van der Waals surface area contributed by atoms with Gasteiger partial charge in [0.25, 0.3) is 0 Å². The Morgan fingerprint density at radius 2 is 1.87 bits per heavy atom. The predicted octanol–water partition coefficient (Wildman–Crippen LogP) is 3.49. The maximum absolute atomic E-state index is 8.44. The zero-order valence-corrected chi connectivity index (χ0v) is 8.87. The molecule has 1 aromatic rings. The quantitative estimate of drug-likeness (QED) is 0.740. The van der Waals surface area contributed by atoms with Crippen molar-refractivity contribution in [2.45, 2.75) is 6.04 Å². The highest BCUT2D eigenvalue weighted by Gasteiger charge is 2.03. The van der Waals surface area contributed by atoms with Gasteiger partial charge in [0.05, 0.1) is 5.02 Å². The SMILES string of the molecule is N#CC(C#N)N=Nc1cc(Cl)ccc1Cl. The van der Waals surface area contributed by atoms with Gasteiger partial charge in [-0.2, -0.15) is 20.8 Å². The molecule has 0 saturated heterocycles. The van der Waals surface area contributed by atoms with Gasteiger partial charge in [0.2, 0.25) is 6.04 Å². The third kappa shape index (κ3) is 3.21. The molecule has 0 N–H and O–H groups in total. The van der Waals surface area contributed by atoms with Crippen molar-refractivity contribution in [2.24, 2.45) is 10.2 Å². The van der Waals surface area contributed by atoms with Crippen LogP contribution in [0.25, 0.3) is 0 Å². The third-order valence-electron chi connectivity index (χ3n) is 1.43. The Hall–Kier alpha value is -1.62. The molecule has 0 aliphatic carbocycles. The van der Waals surface area contributed by atoms with Crippen LogP contribution in [0.15, 0.2) is 28.4 Å². The van der Waals surface area contributed by atoms with Gasteiger partial charge >= 0.3 is 0 Å². The van der Waals surface area contributed by atoms with E-state index in [9.17, 15) is 0 Å². The summed E-state index contributed by atoms with van der Waals surface area (Å²) in [7, 11) is 0. The Morgan fingerprint density at radius 1 is 1.20 bits per heavy atom. The van der Waals surface area contributed by atoms with E-state index in [2.05, 4.69) is 10.2 Å². The van der Waals surface area contributed by atoms with E-state index in [1.807, 2.05) is 0 Å². The molecule has 0 fully saturated rings. The molecule has 0 bridgehead atoms. The van der Waals surface area contributed by atoms with Crippen molar-refractivity contribution in [3.05, 3.63) is 28.2 Å². The monoisotopic (exact) mass is 238 g/mol. The molecular formula is C9H4Cl2N4. The molecule has 74 valence electrons. The van der Waals surface area contributed by atoms with E-state index >= 15 is 0 Å². The van der Waals surface area contributed by atoms with Crippen molar-refractivity contribution >= 4 is 28.9 Å². The highest BCUT2D eigenvalue weighted by molar-refractivity contribution is 6.35. The standard InChI is InChI=1S/C9H4Cl2N4/c10-6-1-2-8(11)9(3-6)15-14-7(4-12)5-13/h1-3,7H. The van der Waals surface area contributed by atoms with Gasteiger partial charge < -0.3 is 0 Å². The minimum Gasteiger partial charge on any atom is -0.195 e. The fourth-order valence-electron chi connectivity index (χ4n) is 0.763. The van der Waals surface area contributed by atoms with Crippen molar-refractivity contribution in [1.29, 1.82) is 10.5 Å². The Balaban J connectivity index is 2.95. The van der Waals surface area contributed by atoms with Crippen molar-refractivity contribution in [3.63, 3.8) is 0 Å². The Kier molecular flexibility index (Phi) is 4.05. The number of hydrogen-bond acceptors (Lipinski definition) is 4. The van der Waals surface area contributed by atoms with Gasteiger partial charge in [0.15, 0.2) is 0 Å². The average Bonchev–Trinajstić information content (AvgIpc) is 2.24. The largest absolute Gasteiger partial charge is 0.242 e. The Labute approximate surface area is 96.4 Å². The van der Waals surface area contributed by atoms with Gasteiger partial charge in [-0.1, -0.05) is 23.2 Å². The van der Waals surface area contributed by atoms with E-state index in [1.165, 1.54) is 6.07 Å². The fraction of sp³-hybridized carbons (Fsp3) is 0.111. The van der Waals surface area contributed by atoms with Crippen LogP contribution >= 0.6 is 23.2 Å². The maximum Gasteiger partial charge on any atom is 0.242 e. The van der Waals surface area contributed by atoms with Gasteiger partial charge in [-0.25, -0.2) is 0 Å². The number of rotatable bonds is 2. The minimum absolute atomic E-state index is 0.333. The molecular weight excluding hydrogens is 235 g/mol. The summed E-state index contributed by atoms with van der Waals surface area (Å²) in [5.41, 5.74) is 0.333. The second-order valence-corrected chi connectivity index (χ2v) is 3.32. The second kappa shape index (κ2) is 5.31. The summed E-state index contributed by atoms with van der Waals surface area (Å²) in [5, 5.41) is 24.9. The smallest absolute Gasteiger partial charge is 0.195 e.